The lowest BCUT2D eigenvalue weighted by molar-refractivity contribution is -0.870. The summed E-state index contributed by atoms with van der Waals surface area (Å²) in [4.78, 5) is 11.0. The summed E-state index contributed by atoms with van der Waals surface area (Å²) in [6.45, 7) is 3.54. The Balaban J connectivity index is 3.31. The van der Waals surface area contributed by atoms with E-state index in [-0.39, 0.29) is 5.12 Å². The van der Waals surface area contributed by atoms with E-state index in [4.69, 9.17) is 4.18 Å². The van der Waals surface area contributed by atoms with Gasteiger partial charge in [-0.15, -0.1) is 0 Å². The minimum absolute atomic E-state index is 0.129. The van der Waals surface area contributed by atoms with Gasteiger partial charge in [0.05, 0.1) is 33.2 Å². The summed E-state index contributed by atoms with van der Waals surface area (Å²) in [5.41, 5.74) is 0. The molecule has 0 aliphatic carbocycles. The van der Waals surface area contributed by atoms with Crippen LogP contribution in [-0.2, 0) is 8.98 Å². The molecular weight excluding hydrogens is 186 g/mol. The van der Waals surface area contributed by atoms with Crippen LogP contribution in [0.25, 0.3) is 0 Å². The number of rotatable bonds is 6. The third-order valence-electron chi connectivity index (χ3n) is 1.45. The largest absolute Gasteiger partial charge is 0.329 e. The number of hydrogen-bond donors (Lipinski definition) is 0. The number of carbonyl (C=O) groups excluding carboxylic acids is 1. The average Bonchev–Trinajstić information content (AvgIpc) is 1.97. The molecule has 0 radical (unpaired) electrons. The van der Waals surface area contributed by atoms with Crippen molar-refractivity contribution in [2.45, 2.75) is 19.8 Å². The molecule has 0 saturated heterocycles. The van der Waals surface area contributed by atoms with Crippen LogP contribution in [0, 0.1) is 0 Å². The summed E-state index contributed by atoms with van der Waals surface area (Å²) in [5, 5.41) is 0.129. The molecule has 0 aromatic heterocycles. The Morgan fingerprint density at radius 2 is 2.00 bits per heavy atom. The fourth-order valence-electron chi connectivity index (χ4n) is 0.664. The fraction of sp³-hybridized carbons (Fsp3) is 0.889. The molecule has 4 heteroatoms. The molecule has 0 aliphatic heterocycles. The molecule has 0 atom stereocenters. The highest BCUT2D eigenvalue weighted by atomic mass is 32.2. The molecule has 0 saturated carbocycles. The third-order valence-corrected chi connectivity index (χ3v) is 2.13. The number of carbonyl (C=O) groups is 1. The first-order valence-electron chi connectivity index (χ1n) is 4.58. The first-order valence-corrected chi connectivity index (χ1v) is 5.32. The predicted octanol–water partition coefficient (Wildman–Crippen LogP) is 1.68. The summed E-state index contributed by atoms with van der Waals surface area (Å²) in [6, 6.07) is 0. The molecule has 0 heterocycles. The highest BCUT2D eigenvalue weighted by Gasteiger charge is 2.07. The van der Waals surface area contributed by atoms with Gasteiger partial charge in [-0.25, -0.2) is 0 Å². The van der Waals surface area contributed by atoms with Gasteiger partial charge in [-0.2, -0.15) is 0 Å². The van der Waals surface area contributed by atoms with Crippen LogP contribution in [-0.4, -0.2) is 43.9 Å². The van der Waals surface area contributed by atoms with Gasteiger partial charge >= 0.3 is 0 Å². The van der Waals surface area contributed by atoms with Crippen molar-refractivity contribution >= 4 is 17.2 Å². The maximum absolute atomic E-state index is 11.0. The van der Waals surface area contributed by atoms with Gasteiger partial charge in [-0.3, -0.25) is 4.79 Å². The lowest BCUT2D eigenvalue weighted by atomic mass is 10.4. The molecule has 0 fully saturated rings. The zero-order valence-electron chi connectivity index (χ0n) is 9.00. The molecule has 3 nitrogen and oxygen atoms in total. The van der Waals surface area contributed by atoms with Crippen molar-refractivity contribution < 1.29 is 13.5 Å². The first kappa shape index (κ1) is 12.9. The van der Waals surface area contributed by atoms with Crippen molar-refractivity contribution in [1.29, 1.82) is 0 Å². The summed E-state index contributed by atoms with van der Waals surface area (Å²) >= 11 is 0.993. The standard InChI is InChI=1S/C9H20NO2S/c1-5-6-9(11)13-12-8-7-10(2,3)4/h5-8H2,1-4H3/q+1. The van der Waals surface area contributed by atoms with Gasteiger partial charge in [0.25, 0.3) is 0 Å². The van der Waals surface area contributed by atoms with Gasteiger partial charge in [0.15, 0.2) is 0 Å². The molecule has 0 aromatic rings. The topological polar surface area (TPSA) is 26.3 Å². The normalized spacial score (nSPS) is 11.7. The predicted molar refractivity (Wildman–Crippen MR) is 56.4 cm³/mol. The van der Waals surface area contributed by atoms with Crippen molar-refractivity contribution in [1.82, 2.24) is 0 Å². The second kappa shape index (κ2) is 6.40. The molecule has 0 bridgehead atoms. The molecule has 0 aliphatic rings. The van der Waals surface area contributed by atoms with Gasteiger partial charge in [0, 0.05) is 6.42 Å². The Hall–Kier alpha value is -0.0600. The second-order valence-corrected chi connectivity index (χ2v) is 4.90. The molecule has 13 heavy (non-hydrogen) atoms. The summed E-state index contributed by atoms with van der Waals surface area (Å²) in [7, 11) is 6.30. The van der Waals surface area contributed by atoms with E-state index in [1.165, 1.54) is 0 Å². The van der Waals surface area contributed by atoms with Crippen LogP contribution in [0.3, 0.4) is 0 Å². The van der Waals surface area contributed by atoms with Crippen LogP contribution < -0.4 is 0 Å². The zero-order valence-corrected chi connectivity index (χ0v) is 9.82. The Bertz CT molecular complexity index is 154. The van der Waals surface area contributed by atoms with Crippen molar-refractivity contribution in [3.63, 3.8) is 0 Å². The van der Waals surface area contributed by atoms with E-state index in [0.717, 1.165) is 29.5 Å². The van der Waals surface area contributed by atoms with Gasteiger partial charge in [-0.05, 0) is 6.42 Å². The number of nitrogens with zero attached hydrogens (tertiary/aromatic N) is 1. The van der Waals surface area contributed by atoms with E-state index in [1.54, 1.807) is 0 Å². The fourth-order valence-corrected chi connectivity index (χ4v) is 1.24. The van der Waals surface area contributed by atoms with Gasteiger partial charge < -0.3 is 8.67 Å². The van der Waals surface area contributed by atoms with E-state index < -0.39 is 0 Å². The van der Waals surface area contributed by atoms with Crippen molar-refractivity contribution in [2.75, 3.05) is 34.3 Å². The van der Waals surface area contributed by atoms with E-state index in [2.05, 4.69) is 21.1 Å². The molecule has 0 aromatic carbocycles. The van der Waals surface area contributed by atoms with Gasteiger partial charge in [-0.1, -0.05) is 6.92 Å². The average molecular weight is 206 g/mol. The van der Waals surface area contributed by atoms with E-state index >= 15 is 0 Å². The maximum atomic E-state index is 11.0. The number of likely N-dealkylation sites (N-methyl/N-ethyl adjacent to an activating group) is 1. The van der Waals surface area contributed by atoms with Crippen LogP contribution in [0.4, 0.5) is 0 Å². The molecule has 0 unspecified atom stereocenters. The summed E-state index contributed by atoms with van der Waals surface area (Å²) in [6.07, 6.45) is 1.50. The molecule has 0 N–H and O–H groups in total. The second-order valence-electron chi connectivity index (χ2n) is 4.04. The zero-order chi connectivity index (χ0) is 10.3. The number of quaternary nitrogens is 1. The molecule has 0 spiro atoms. The Morgan fingerprint density at radius 1 is 1.38 bits per heavy atom. The number of hydrogen-bond acceptors (Lipinski definition) is 3. The Kier molecular flexibility index (Phi) is 6.37. The summed E-state index contributed by atoms with van der Waals surface area (Å²) < 4.78 is 6.04. The van der Waals surface area contributed by atoms with E-state index in [0.29, 0.717) is 13.0 Å². The first-order chi connectivity index (χ1) is 5.95. The maximum Gasteiger partial charge on any atom is 0.215 e. The van der Waals surface area contributed by atoms with E-state index in [9.17, 15) is 4.79 Å². The van der Waals surface area contributed by atoms with Crippen LogP contribution in [0.15, 0.2) is 0 Å². The minimum atomic E-state index is 0.129. The Labute approximate surface area is 85.2 Å². The van der Waals surface area contributed by atoms with Gasteiger partial charge in [0.1, 0.15) is 13.2 Å². The monoisotopic (exact) mass is 206 g/mol. The molecule has 0 amide bonds. The highest BCUT2D eigenvalue weighted by molar-refractivity contribution is 8.09. The lowest BCUT2D eigenvalue weighted by Crippen LogP contribution is -2.37. The van der Waals surface area contributed by atoms with E-state index in [1.807, 2.05) is 6.92 Å². The Morgan fingerprint density at radius 3 is 2.46 bits per heavy atom. The quantitative estimate of drug-likeness (QED) is 0.376. The van der Waals surface area contributed by atoms with Crippen LogP contribution in [0.1, 0.15) is 19.8 Å². The van der Waals surface area contributed by atoms with Crippen LogP contribution in [0.5, 0.6) is 0 Å². The smallest absolute Gasteiger partial charge is 0.215 e. The lowest BCUT2D eigenvalue weighted by Gasteiger charge is -2.22. The highest BCUT2D eigenvalue weighted by Crippen LogP contribution is 2.08. The van der Waals surface area contributed by atoms with Crippen molar-refractivity contribution in [3.05, 3.63) is 0 Å². The summed E-state index contributed by atoms with van der Waals surface area (Å²) in [5.74, 6) is 0. The van der Waals surface area contributed by atoms with Crippen molar-refractivity contribution in [2.24, 2.45) is 0 Å². The van der Waals surface area contributed by atoms with Crippen molar-refractivity contribution in [3.8, 4) is 0 Å². The third kappa shape index (κ3) is 9.86. The minimum Gasteiger partial charge on any atom is -0.329 e. The SMILES string of the molecule is CCCC(=O)SOCC[N+](C)(C)C. The molecule has 78 valence electrons. The van der Waals surface area contributed by atoms with Crippen LogP contribution in [0.2, 0.25) is 0 Å². The molecular formula is C9H20NO2S+. The van der Waals surface area contributed by atoms with Gasteiger partial charge in [0.2, 0.25) is 5.12 Å². The van der Waals surface area contributed by atoms with Crippen LogP contribution >= 0.6 is 12.0 Å². The molecule has 0 rings (SSSR count).